The Morgan fingerprint density at radius 3 is 2.46 bits per heavy atom. The topological polar surface area (TPSA) is 108 Å². The molecule has 26 heavy (non-hydrogen) atoms. The molecule has 0 saturated heterocycles. The molecule has 0 atom stereocenters. The van der Waals surface area contributed by atoms with Crippen molar-refractivity contribution in [2.24, 2.45) is 5.14 Å². The summed E-state index contributed by atoms with van der Waals surface area (Å²) in [5, 5.41) is 7.87. The molecule has 0 aliphatic carbocycles. The predicted molar refractivity (Wildman–Crippen MR) is 99.0 cm³/mol. The van der Waals surface area contributed by atoms with Gasteiger partial charge in [0, 0.05) is 12.1 Å². The highest BCUT2D eigenvalue weighted by atomic mass is 32.2. The van der Waals surface area contributed by atoms with Crippen molar-refractivity contribution in [2.45, 2.75) is 24.7 Å². The molecule has 0 spiro atoms. The van der Waals surface area contributed by atoms with Gasteiger partial charge in [0.1, 0.15) is 11.5 Å². The van der Waals surface area contributed by atoms with Crippen molar-refractivity contribution in [3.8, 4) is 11.5 Å². The van der Waals surface area contributed by atoms with Crippen LogP contribution in [0.3, 0.4) is 0 Å². The Bertz CT molecular complexity index is 910. The molecule has 0 unspecified atom stereocenters. The third-order valence-electron chi connectivity index (χ3n) is 3.89. The first-order valence-electron chi connectivity index (χ1n) is 7.89. The maximum atomic E-state index is 12.2. The highest BCUT2D eigenvalue weighted by molar-refractivity contribution is 7.89. The van der Waals surface area contributed by atoms with Crippen LogP contribution < -0.4 is 19.9 Å². The van der Waals surface area contributed by atoms with Crippen LogP contribution in [-0.4, -0.2) is 28.5 Å². The molecular weight excluding hydrogens is 356 g/mol. The number of hydrogen-bond acceptors (Lipinski definition) is 5. The highest BCUT2D eigenvalue weighted by Gasteiger charge is 2.14. The molecule has 0 fully saturated rings. The Hall–Kier alpha value is -2.58. The van der Waals surface area contributed by atoms with Crippen molar-refractivity contribution in [2.75, 3.05) is 19.5 Å². The maximum Gasteiger partial charge on any atom is 0.238 e. The number of ether oxygens (including phenoxy) is 2. The van der Waals surface area contributed by atoms with Crippen LogP contribution in [-0.2, 0) is 21.2 Å². The average Bonchev–Trinajstić information content (AvgIpc) is 2.60. The molecule has 0 radical (unpaired) electrons. The SMILES string of the molecule is COc1ccc(OC)c(CCC(=O)Nc2ccc(C)c(S(N)(=O)=O)c2)c1. The molecule has 0 heterocycles. The van der Waals surface area contributed by atoms with Crippen molar-refractivity contribution >= 4 is 21.6 Å². The number of anilines is 1. The Morgan fingerprint density at radius 1 is 1.12 bits per heavy atom. The largest absolute Gasteiger partial charge is 0.497 e. The minimum Gasteiger partial charge on any atom is -0.497 e. The van der Waals surface area contributed by atoms with Gasteiger partial charge in [-0.3, -0.25) is 4.79 Å². The molecule has 140 valence electrons. The number of carbonyl (C=O) groups is 1. The molecule has 0 saturated carbocycles. The van der Waals surface area contributed by atoms with Gasteiger partial charge in [-0.1, -0.05) is 6.07 Å². The van der Waals surface area contributed by atoms with Crippen LogP contribution in [0.4, 0.5) is 5.69 Å². The van der Waals surface area contributed by atoms with E-state index in [1.165, 1.54) is 6.07 Å². The molecule has 1 amide bonds. The smallest absolute Gasteiger partial charge is 0.238 e. The number of methoxy groups -OCH3 is 2. The number of sulfonamides is 1. The molecule has 0 aromatic heterocycles. The van der Waals surface area contributed by atoms with E-state index in [1.54, 1.807) is 45.4 Å². The van der Waals surface area contributed by atoms with Crippen LogP contribution in [0.5, 0.6) is 11.5 Å². The van der Waals surface area contributed by atoms with Gasteiger partial charge in [0.05, 0.1) is 19.1 Å². The fourth-order valence-electron chi connectivity index (χ4n) is 2.53. The van der Waals surface area contributed by atoms with E-state index in [1.807, 2.05) is 6.07 Å². The first-order valence-corrected chi connectivity index (χ1v) is 9.43. The molecule has 8 heteroatoms. The van der Waals surface area contributed by atoms with E-state index >= 15 is 0 Å². The molecule has 0 aliphatic heterocycles. The number of aryl methyl sites for hydroxylation is 2. The van der Waals surface area contributed by atoms with Gasteiger partial charge >= 0.3 is 0 Å². The first kappa shape index (κ1) is 19.7. The monoisotopic (exact) mass is 378 g/mol. The van der Waals surface area contributed by atoms with E-state index in [2.05, 4.69) is 5.32 Å². The van der Waals surface area contributed by atoms with Crippen LogP contribution >= 0.6 is 0 Å². The van der Waals surface area contributed by atoms with E-state index < -0.39 is 10.0 Å². The highest BCUT2D eigenvalue weighted by Crippen LogP contribution is 2.25. The molecular formula is C18H22N2O5S. The maximum absolute atomic E-state index is 12.2. The fourth-order valence-corrected chi connectivity index (χ4v) is 3.34. The number of nitrogens with two attached hydrogens (primary N) is 1. The molecule has 2 rings (SSSR count). The minimum absolute atomic E-state index is 0.00948. The summed E-state index contributed by atoms with van der Waals surface area (Å²) in [5.74, 6) is 1.10. The normalized spacial score (nSPS) is 11.1. The standard InChI is InChI=1S/C18H22N2O5S/c1-12-4-6-14(11-17(12)26(19,22)23)20-18(21)9-5-13-10-15(24-2)7-8-16(13)25-3/h4,6-8,10-11H,5,9H2,1-3H3,(H,20,21)(H2,19,22,23). The van der Waals surface area contributed by atoms with Crippen molar-refractivity contribution < 1.29 is 22.7 Å². The van der Waals surface area contributed by atoms with Gasteiger partial charge in [-0.15, -0.1) is 0 Å². The first-order chi connectivity index (χ1) is 12.2. The summed E-state index contributed by atoms with van der Waals surface area (Å²) >= 11 is 0. The van der Waals surface area contributed by atoms with Crippen LogP contribution in [0.2, 0.25) is 0 Å². The second-order valence-electron chi connectivity index (χ2n) is 5.75. The van der Waals surface area contributed by atoms with Crippen molar-refractivity contribution in [1.82, 2.24) is 0 Å². The molecule has 2 aromatic rings. The zero-order valence-corrected chi connectivity index (χ0v) is 15.7. The molecule has 7 nitrogen and oxygen atoms in total. The van der Waals surface area contributed by atoms with Gasteiger partial charge < -0.3 is 14.8 Å². The van der Waals surface area contributed by atoms with Crippen molar-refractivity contribution in [3.05, 3.63) is 47.5 Å². The Labute approximate surface area is 153 Å². The Morgan fingerprint density at radius 2 is 1.85 bits per heavy atom. The summed E-state index contributed by atoms with van der Waals surface area (Å²) in [4.78, 5) is 12.2. The number of carbonyl (C=O) groups excluding carboxylic acids is 1. The van der Waals surface area contributed by atoms with Gasteiger partial charge in [-0.05, 0) is 54.8 Å². The summed E-state index contributed by atoms with van der Waals surface area (Å²) in [6.07, 6.45) is 0.641. The van der Waals surface area contributed by atoms with Crippen LogP contribution in [0, 0.1) is 6.92 Å². The van der Waals surface area contributed by atoms with Crippen LogP contribution in [0.1, 0.15) is 17.5 Å². The summed E-state index contributed by atoms with van der Waals surface area (Å²) in [7, 11) is -0.715. The molecule has 2 aromatic carbocycles. The molecule has 0 aliphatic rings. The fraction of sp³-hybridized carbons (Fsp3) is 0.278. The zero-order valence-electron chi connectivity index (χ0n) is 14.9. The number of primary sulfonamides is 1. The van der Waals surface area contributed by atoms with Crippen LogP contribution in [0.25, 0.3) is 0 Å². The lowest BCUT2D eigenvalue weighted by Gasteiger charge is -2.11. The number of amides is 1. The summed E-state index contributed by atoms with van der Waals surface area (Å²) < 4.78 is 33.6. The van der Waals surface area contributed by atoms with E-state index in [-0.39, 0.29) is 17.2 Å². The van der Waals surface area contributed by atoms with Crippen molar-refractivity contribution in [3.63, 3.8) is 0 Å². The van der Waals surface area contributed by atoms with Gasteiger partial charge in [-0.25, -0.2) is 13.6 Å². The third-order valence-corrected chi connectivity index (χ3v) is 4.94. The van der Waals surface area contributed by atoms with Gasteiger partial charge in [0.15, 0.2) is 0 Å². The lowest BCUT2D eigenvalue weighted by molar-refractivity contribution is -0.116. The number of hydrogen-bond donors (Lipinski definition) is 2. The summed E-state index contributed by atoms with van der Waals surface area (Å²) in [6, 6.07) is 9.97. The van der Waals surface area contributed by atoms with E-state index in [0.29, 0.717) is 29.2 Å². The van der Waals surface area contributed by atoms with E-state index in [9.17, 15) is 13.2 Å². The second-order valence-corrected chi connectivity index (χ2v) is 7.28. The van der Waals surface area contributed by atoms with Crippen LogP contribution in [0.15, 0.2) is 41.3 Å². The summed E-state index contributed by atoms with van der Waals surface area (Å²) in [6.45, 7) is 1.64. The minimum atomic E-state index is -3.85. The van der Waals surface area contributed by atoms with Gasteiger partial charge in [0.25, 0.3) is 0 Å². The lowest BCUT2D eigenvalue weighted by Crippen LogP contribution is -2.16. The van der Waals surface area contributed by atoms with Crippen molar-refractivity contribution in [1.29, 1.82) is 0 Å². The van der Waals surface area contributed by atoms with E-state index in [0.717, 1.165) is 5.56 Å². The third kappa shape index (κ3) is 4.96. The molecule has 0 bridgehead atoms. The summed E-state index contributed by atoms with van der Waals surface area (Å²) in [5.41, 5.74) is 1.74. The Kier molecular flexibility index (Phi) is 6.23. The second kappa shape index (κ2) is 8.20. The average molecular weight is 378 g/mol. The zero-order chi connectivity index (χ0) is 19.3. The van der Waals surface area contributed by atoms with E-state index in [4.69, 9.17) is 14.6 Å². The van der Waals surface area contributed by atoms with Gasteiger partial charge in [0.2, 0.25) is 15.9 Å². The quantitative estimate of drug-likeness (QED) is 0.768. The number of nitrogens with one attached hydrogen (secondary N) is 1. The Balaban J connectivity index is 2.08. The molecule has 3 N–H and O–H groups in total. The predicted octanol–water partition coefficient (Wildman–Crippen LogP) is 2.23. The number of rotatable bonds is 7. The lowest BCUT2D eigenvalue weighted by atomic mass is 10.1. The van der Waals surface area contributed by atoms with Gasteiger partial charge in [-0.2, -0.15) is 0 Å². The number of benzene rings is 2.